The predicted molar refractivity (Wildman–Crippen MR) is 72.3 cm³/mol. The molecule has 0 atom stereocenters. The van der Waals surface area contributed by atoms with Crippen molar-refractivity contribution in [2.75, 3.05) is 23.7 Å². The van der Waals surface area contributed by atoms with Crippen LogP contribution < -0.4 is 9.62 Å². The molecule has 2 N–H and O–H groups in total. The Morgan fingerprint density at radius 1 is 1.40 bits per heavy atom. The number of nitrogens with zero attached hydrogens (tertiary/aromatic N) is 1. The summed E-state index contributed by atoms with van der Waals surface area (Å²) in [5.74, 6) is -1.62. The number of carbonyl (C=O) groups is 2. The molecule has 0 unspecified atom stereocenters. The van der Waals surface area contributed by atoms with Gasteiger partial charge in [-0.2, -0.15) is 0 Å². The monoisotopic (exact) mass is 298 g/mol. The van der Waals surface area contributed by atoms with Crippen LogP contribution in [0.4, 0.5) is 5.69 Å². The van der Waals surface area contributed by atoms with Crippen LogP contribution >= 0.6 is 0 Å². The van der Waals surface area contributed by atoms with E-state index in [0.717, 1.165) is 11.8 Å². The zero-order valence-electron chi connectivity index (χ0n) is 10.8. The summed E-state index contributed by atoms with van der Waals surface area (Å²) in [7, 11) is -3.32. The Bertz CT molecular complexity index is 668. The summed E-state index contributed by atoms with van der Waals surface area (Å²) < 4.78 is 24.4. The molecule has 2 rings (SSSR count). The minimum Gasteiger partial charge on any atom is -0.480 e. The van der Waals surface area contributed by atoms with Crippen LogP contribution in [0.2, 0.25) is 0 Å². The molecular formula is C12H14N2O5S. The van der Waals surface area contributed by atoms with E-state index in [1.165, 1.54) is 10.4 Å². The van der Waals surface area contributed by atoms with Crippen LogP contribution in [-0.4, -0.2) is 44.7 Å². The molecule has 0 aliphatic carbocycles. The number of rotatable bonds is 4. The number of nitrogens with one attached hydrogen (secondary N) is 1. The first-order chi connectivity index (χ1) is 9.29. The third-order valence-corrected chi connectivity index (χ3v) is 4.18. The average Bonchev–Trinajstić information content (AvgIpc) is 2.78. The fraction of sp³-hybridized carbons (Fsp3) is 0.333. The number of aliphatic carboxylic acids is 1. The van der Waals surface area contributed by atoms with Gasteiger partial charge in [-0.15, -0.1) is 0 Å². The zero-order chi connectivity index (χ0) is 14.9. The Balaban J connectivity index is 2.22. The molecule has 20 heavy (non-hydrogen) atoms. The van der Waals surface area contributed by atoms with Crippen LogP contribution in [0.1, 0.15) is 15.9 Å². The minimum absolute atomic E-state index is 0.320. The molecule has 0 saturated carbocycles. The number of amides is 1. The highest BCUT2D eigenvalue weighted by molar-refractivity contribution is 7.92. The second-order valence-corrected chi connectivity index (χ2v) is 6.41. The number of benzene rings is 1. The first kappa shape index (κ1) is 14.3. The van der Waals surface area contributed by atoms with Crippen molar-refractivity contribution in [1.82, 2.24) is 5.32 Å². The van der Waals surface area contributed by atoms with Crippen LogP contribution in [-0.2, 0) is 21.2 Å². The van der Waals surface area contributed by atoms with Gasteiger partial charge in [-0.1, -0.05) is 0 Å². The van der Waals surface area contributed by atoms with Crippen molar-refractivity contribution in [3.8, 4) is 0 Å². The summed E-state index contributed by atoms with van der Waals surface area (Å²) in [6.07, 6.45) is 1.66. The summed E-state index contributed by atoms with van der Waals surface area (Å²) in [5.41, 5.74) is 1.65. The lowest BCUT2D eigenvalue weighted by molar-refractivity contribution is -0.135. The molecule has 1 aromatic rings. The van der Waals surface area contributed by atoms with Gasteiger partial charge in [-0.25, -0.2) is 8.42 Å². The highest BCUT2D eigenvalue weighted by Crippen LogP contribution is 2.30. The van der Waals surface area contributed by atoms with Crippen LogP contribution in [0.15, 0.2) is 18.2 Å². The number of carbonyl (C=O) groups excluding carboxylic acids is 1. The largest absolute Gasteiger partial charge is 0.480 e. The second-order valence-electron chi connectivity index (χ2n) is 4.51. The third-order valence-electron chi connectivity index (χ3n) is 3.00. The molecule has 1 aliphatic heterocycles. The molecule has 0 radical (unpaired) electrons. The van der Waals surface area contributed by atoms with Gasteiger partial charge in [0.1, 0.15) is 6.54 Å². The molecule has 1 amide bonds. The first-order valence-corrected chi connectivity index (χ1v) is 7.74. The van der Waals surface area contributed by atoms with Gasteiger partial charge >= 0.3 is 5.97 Å². The lowest BCUT2D eigenvalue weighted by Crippen LogP contribution is -2.29. The molecule has 8 heteroatoms. The molecule has 1 aromatic carbocycles. The number of anilines is 1. The van der Waals surface area contributed by atoms with Gasteiger partial charge in [0.15, 0.2) is 0 Å². The van der Waals surface area contributed by atoms with Crippen molar-refractivity contribution < 1.29 is 23.1 Å². The van der Waals surface area contributed by atoms with Crippen molar-refractivity contribution in [2.45, 2.75) is 6.42 Å². The maximum atomic E-state index is 11.7. The van der Waals surface area contributed by atoms with E-state index in [0.29, 0.717) is 24.2 Å². The Kier molecular flexibility index (Phi) is 3.67. The normalized spacial score (nSPS) is 13.9. The molecule has 7 nitrogen and oxygen atoms in total. The molecule has 108 valence electrons. The maximum Gasteiger partial charge on any atom is 0.322 e. The van der Waals surface area contributed by atoms with Crippen molar-refractivity contribution >= 4 is 27.6 Å². The fourth-order valence-electron chi connectivity index (χ4n) is 2.12. The molecule has 0 fully saturated rings. The van der Waals surface area contributed by atoms with Gasteiger partial charge in [0.25, 0.3) is 5.91 Å². The van der Waals surface area contributed by atoms with Crippen LogP contribution in [0.5, 0.6) is 0 Å². The average molecular weight is 298 g/mol. The number of sulfonamides is 1. The molecule has 1 heterocycles. The van der Waals surface area contributed by atoms with E-state index in [2.05, 4.69) is 5.32 Å². The highest BCUT2D eigenvalue weighted by atomic mass is 32.2. The maximum absolute atomic E-state index is 11.7. The lowest BCUT2D eigenvalue weighted by Gasteiger charge is -2.16. The summed E-state index contributed by atoms with van der Waals surface area (Å²) in [6, 6.07) is 4.65. The third kappa shape index (κ3) is 2.90. The number of carboxylic acids is 1. The predicted octanol–water partition coefficient (Wildman–Crippen LogP) is -0.177. The molecular weight excluding hydrogens is 284 g/mol. The number of hydrogen-bond acceptors (Lipinski definition) is 4. The number of fused-ring (bicyclic) bond motifs is 1. The van der Waals surface area contributed by atoms with E-state index in [9.17, 15) is 18.0 Å². The van der Waals surface area contributed by atoms with E-state index >= 15 is 0 Å². The summed E-state index contributed by atoms with van der Waals surface area (Å²) in [4.78, 5) is 22.1. The number of hydrogen-bond donors (Lipinski definition) is 2. The van der Waals surface area contributed by atoms with Gasteiger partial charge in [0.05, 0.1) is 11.9 Å². The van der Waals surface area contributed by atoms with Gasteiger partial charge < -0.3 is 10.4 Å². The van der Waals surface area contributed by atoms with Gasteiger partial charge in [-0.05, 0) is 30.2 Å². The Labute approximate surface area is 116 Å². The smallest absolute Gasteiger partial charge is 0.322 e. The van der Waals surface area contributed by atoms with Crippen LogP contribution in [0.3, 0.4) is 0 Å². The molecule has 1 aliphatic rings. The van der Waals surface area contributed by atoms with E-state index in [1.54, 1.807) is 12.1 Å². The molecule has 0 bridgehead atoms. The van der Waals surface area contributed by atoms with E-state index in [4.69, 9.17) is 5.11 Å². The second kappa shape index (κ2) is 5.12. The molecule has 0 aromatic heterocycles. The van der Waals surface area contributed by atoms with Gasteiger partial charge in [-0.3, -0.25) is 13.9 Å². The van der Waals surface area contributed by atoms with E-state index in [1.807, 2.05) is 0 Å². The van der Waals surface area contributed by atoms with Gasteiger partial charge in [0, 0.05) is 12.1 Å². The van der Waals surface area contributed by atoms with Crippen molar-refractivity contribution in [3.63, 3.8) is 0 Å². The Morgan fingerprint density at radius 2 is 2.10 bits per heavy atom. The van der Waals surface area contributed by atoms with E-state index < -0.39 is 28.4 Å². The zero-order valence-corrected chi connectivity index (χ0v) is 11.6. The fourth-order valence-corrected chi connectivity index (χ4v) is 3.07. The Hall–Kier alpha value is -2.09. The number of carboxylic acid groups (broad SMARTS) is 1. The quantitative estimate of drug-likeness (QED) is 0.802. The van der Waals surface area contributed by atoms with Crippen molar-refractivity contribution in [2.24, 2.45) is 0 Å². The van der Waals surface area contributed by atoms with Crippen LogP contribution in [0, 0.1) is 0 Å². The topological polar surface area (TPSA) is 104 Å². The summed E-state index contributed by atoms with van der Waals surface area (Å²) in [5, 5.41) is 10.8. The lowest BCUT2D eigenvalue weighted by atomic mass is 10.1. The standard InChI is InChI=1S/C12H14N2O5S/c1-20(18,19)14-5-4-8-6-9(2-3-10(8)14)12(17)13-7-11(15)16/h2-3,6H,4-5,7H2,1H3,(H,13,17)(H,15,16). The van der Waals surface area contributed by atoms with Crippen molar-refractivity contribution in [3.05, 3.63) is 29.3 Å². The summed E-state index contributed by atoms with van der Waals surface area (Å²) >= 11 is 0. The SMILES string of the molecule is CS(=O)(=O)N1CCc2cc(C(=O)NCC(=O)O)ccc21. The summed E-state index contributed by atoms with van der Waals surface area (Å²) in [6.45, 7) is -0.0975. The Morgan fingerprint density at radius 3 is 2.70 bits per heavy atom. The molecule has 0 saturated heterocycles. The first-order valence-electron chi connectivity index (χ1n) is 5.89. The van der Waals surface area contributed by atoms with Crippen LogP contribution in [0.25, 0.3) is 0 Å². The highest BCUT2D eigenvalue weighted by Gasteiger charge is 2.26. The van der Waals surface area contributed by atoms with Crippen molar-refractivity contribution in [1.29, 1.82) is 0 Å². The van der Waals surface area contributed by atoms with Gasteiger partial charge in [0.2, 0.25) is 10.0 Å². The minimum atomic E-state index is -3.32. The van der Waals surface area contributed by atoms with E-state index in [-0.39, 0.29) is 0 Å². The molecule has 0 spiro atoms.